The number of hydrogen-bond acceptors (Lipinski definition) is 2. The lowest BCUT2D eigenvalue weighted by molar-refractivity contribution is 0.287. The molecule has 1 aliphatic rings. The largest absolute Gasteiger partial charge is 0.309 e. The number of rotatable bonds is 3. The van der Waals surface area contributed by atoms with Crippen LogP contribution >= 0.6 is 11.6 Å². The van der Waals surface area contributed by atoms with Crippen LogP contribution in [0.2, 0.25) is 0 Å². The van der Waals surface area contributed by atoms with Crippen LogP contribution in [-0.4, -0.2) is 19.3 Å². The molecule has 0 spiro atoms. The van der Waals surface area contributed by atoms with Gasteiger partial charge in [0.15, 0.2) is 5.65 Å². The van der Waals surface area contributed by atoms with E-state index in [0.717, 1.165) is 35.1 Å². The molecule has 21 heavy (non-hydrogen) atoms. The quantitative estimate of drug-likeness (QED) is 0.776. The van der Waals surface area contributed by atoms with Gasteiger partial charge >= 0.3 is 0 Å². The summed E-state index contributed by atoms with van der Waals surface area (Å²) in [5.74, 6) is 1.85. The minimum Gasteiger partial charge on any atom is -0.309 e. The Bertz CT molecular complexity index is 632. The summed E-state index contributed by atoms with van der Waals surface area (Å²) in [5, 5.41) is 4.56. The molecule has 1 unspecified atom stereocenters. The maximum absolute atomic E-state index is 6.42. The van der Waals surface area contributed by atoms with Crippen LogP contribution in [0.1, 0.15) is 69.4 Å². The first-order chi connectivity index (χ1) is 10.0. The highest BCUT2D eigenvalue weighted by atomic mass is 35.5. The van der Waals surface area contributed by atoms with Crippen molar-refractivity contribution in [1.29, 1.82) is 0 Å². The lowest BCUT2D eigenvalue weighted by atomic mass is 9.87. The fourth-order valence-corrected chi connectivity index (χ4v) is 3.72. The molecule has 2 aromatic rings. The molecule has 5 heteroatoms. The summed E-state index contributed by atoms with van der Waals surface area (Å²) in [5.41, 5.74) is 3.20. The van der Waals surface area contributed by atoms with Gasteiger partial charge in [0.25, 0.3) is 0 Å². The summed E-state index contributed by atoms with van der Waals surface area (Å²) in [7, 11) is 0. The smallest absolute Gasteiger partial charge is 0.159 e. The van der Waals surface area contributed by atoms with Crippen molar-refractivity contribution in [3.05, 3.63) is 11.5 Å². The molecule has 0 radical (unpaired) electrons. The minimum absolute atomic E-state index is 0.0681. The van der Waals surface area contributed by atoms with Crippen LogP contribution in [0, 0.1) is 12.8 Å². The van der Waals surface area contributed by atoms with E-state index in [1.165, 1.54) is 25.7 Å². The second-order valence-electron chi connectivity index (χ2n) is 6.44. The number of hydrogen-bond donors (Lipinski definition) is 0. The highest BCUT2D eigenvalue weighted by Crippen LogP contribution is 2.37. The Hall–Kier alpha value is -1.03. The Morgan fingerprint density at radius 1 is 1.29 bits per heavy atom. The van der Waals surface area contributed by atoms with Crippen LogP contribution in [-0.2, 0) is 6.54 Å². The van der Waals surface area contributed by atoms with Gasteiger partial charge in [-0.15, -0.1) is 11.6 Å². The van der Waals surface area contributed by atoms with Crippen molar-refractivity contribution in [3.63, 3.8) is 0 Å². The maximum Gasteiger partial charge on any atom is 0.159 e. The van der Waals surface area contributed by atoms with Crippen LogP contribution in [0.25, 0.3) is 11.2 Å². The molecule has 0 amide bonds. The molecule has 116 valence electrons. The number of aryl methyl sites for hydroxylation is 2. The normalized spacial score (nSPS) is 24.6. The van der Waals surface area contributed by atoms with Gasteiger partial charge in [0, 0.05) is 12.6 Å². The first-order valence-electron chi connectivity index (χ1n) is 8.12. The molecule has 1 saturated carbocycles. The third kappa shape index (κ3) is 2.48. The predicted molar refractivity (Wildman–Crippen MR) is 86.9 cm³/mol. The van der Waals surface area contributed by atoms with Crippen LogP contribution in [0.3, 0.4) is 0 Å². The maximum atomic E-state index is 6.42. The van der Waals surface area contributed by atoms with Crippen molar-refractivity contribution in [2.45, 2.75) is 71.3 Å². The van der Waals surface area contributed by atoms with E-state index >= 15 is 0 Å². The SMILES string of the molecule is CCn1nc(C)c2nc(C(C)Cl)n(C3CCC(C)CC3)c21. The zero-order valence-corrected chi connectivity index (χ0v) is 14.2. The highest BCUT2D eigenvalue weighted by molar-refractivity contribution is 6.20. The molecule has 0 saturated heterocycles. The third-order valence-corrected chi connectivity index (χ3v) is 4.97. The van der Waals surface area contributed by atoms with Gasteiger partial charge in [-0.25, -0.2) is 9.67 Å². The van der Waals surface area contributed by atoms with Crippen molar-refractivity contribution in [3.8, 4) is 0 Å². The topological polar surface area (TPSA) is 35.6 Å². The Morgan fingerprint density at radius 2 is 1.95 bits per heavy atom. The van der Waals surface area contributed by atoms with E-state index in [2.05, 4.69) is 28.2 Å². The van der Waals surface area contributed by atoms with Crippen LogP contribution < -0.4 is 0 Å². The van der Waals surface area contributed by atoms with Crippen LogP contribution in [0.15, 0.2) is 0 Å². The lowest BCUT2D eigenvalue weighted by Gasteiger charge is -2.29. The highest BCUT2D eigenvalue weighted by Gasteiger charge is 2.28. The van der Waals surface area contributed by atoms with Crippen molar-refractivity contribution in [1.82, 2.24) is 19.3 Å². The Balaban J connectivity index is 2.15. The van der Waals surface area contributed by atoms with Gasteiger partial charge in [0.1, 0.15) is 11.3 Å². The average Bonchev–Trinajstić information content (AvgIpc) is 2.98. The monoisotopic (exact) mass is 308 g/mol. The number of fused-ring (bicyclic) bond motifs is 1. The zero-order chi connectivity index (χ0) is 15.1. The fourth-order valence-electron chi connectivity index (χ4n) is 3.57. The summed E-state index contributed by atoms with van der Waals surface area (Å²) >= 11 is 6.42. The number of aromatic nitrogens is 4. The van der Waals surface area contributed by atoms with Gasteiger partial charge < -0.3 is 4.57 Å². The second kappa shape index (κ2) is 5.64. The van der Waals surface area contributed by atoms with E-state index < -0.39 is 0 Å². The number of imidazole rings is 1. The van der Waals surface area contributed by atoms with Crippen molar-refractivity contribution in [2.75, 3.05) is 0 Å². The Morgan fingerprint density at radius 3 is 2.52 bits per heavy atom. The van der Waals surface area contributed by atoms with E-state index in [0.29, 0.717) is 6.04 Å². The van der Waals surface area contributed by atoms with Crippen LogP contribution in [0.4, 0.5) is 0 Å². The molecular weight excluding hydrogens is 284 g/mol. The van der Waals surface area contributed by atoms with Gasteiger partial charge in [-0.05, 0) is 52.4 Å². The summed E-state index contributed by atoms with van der Waals surface area (Å²) < 4.78 is 4.47. The molecular formula is C16H25ClN4. The fraction of sp³-hybridized carbons (Fsp3) is 0.750. The van der Waals surface area contributed by atoms with E-state index in [-0.39, 0.29) is 5.38 Å². The Labute approximate surface area is 131 Å². The summed E-state index contributed by atoms with van der Waals surface area (Å²) in [4.78, 5) is 4.82. The zero-order valence-electron chi connectivity index (χ0n) is 13.4. The standard InChI is InChI=1S/C16H25ClN4/c1-5-20-16-14(12(4)19-20)18-15(11(3)17)21(16)13-8-6-10(2)7-9-13/h10-11,13H,5-9H2,1-4H3. The van der Waals surface area contributed by atoms with E-state index in [9.17, 15) is 0 Å². The molecule has 2 aromatic heterocycles. The molecule has 1 fully saturated rings. The molecule has 0 aliphatic heterocycles. The van der Waals surface area contributed by atoms with Gasteiger partial charge in [0.2, 0.25) is 0 Å². The molecule has 0 N–H and O–H groups in total. The predicted octanol–water partition coefficient (Wildman–Crippen LogP) is 4.61. The van der Waals surface area contributed by atoms with E-state index in [1.54, 1.807) is 0 Å². The number of alkyl halides is 1. The molecule has 1 atom stereocenters. The van der Waals surface area contributed by atoms with E-state index in [1.807, 2.05) is 13.8 Å². The summed E-state index contributed by atoms with van der Waals surface area (Å²) in [6, 6.07) is 0.517. The van der Waals surface area contributed by atoms with Crippen LogP contribution in [0.5, 0.6) is 0 Å². The van der Waals surface area contributed by atoms with Crippen molar-refractivity contribution < 1.29 is 0 Å². The molecule has 0 aromatic carbocycles. The van der Waals surface area contributed by atoms with Gasteiger partial charge in [-0.2, -0.15) is 5.10 Å². The van der Waals surface area contributed by atoms with Crippen molar-refractivity contribution in [2.24, 2.45) is 5.92 Å². The third-order valence-electron chi connectivity index (χ3n) is 4.78. The van der Waals surface area contributed by atoms with Crippen molar-refractivity contribution >= 4 is 22.8 Å². The lowest BCUT2D eigenvalue weighted by Crippen LogP contribution is -2.20. The average molecular weight is 309 g/mol. The first-order valence-corrected chi connectivity index (χ1v) is 8.55. The number of halogens is 1. The minimum atomic E-state index is -0.0681. The molecule has 2 heterocycles. The van der Waals surface area contributed by atoms with Gasteiger partial charge in [-0.3, -0.25) is 0 Å². The molecule has 1 aliphatic carbocycles. The summed E-state index contributed by atoms with van der Waals surface area (Å²) in [6.45, 7) is 9.41. The molecule has 0 bridgehead atoms. The molecule has 4 nitrogen and oxygen atoms in total. The molecule has 3 rings (SSSR count). The van der Waals surface area contributed by atoms with Gasteiger partial charge in [0.05, 0.1) is 11.1 Å². The van der Waals surface area contributed by atoms with E-state index in [4.69, 9.17) is 16.6 Å². The van der Waals surface area contributed by atoms with Gasteiger partial charge in [-0.1, -0.05) is 6.92 Å². The first kappa shape index (κ1) is 14.9. The Kier molecular flexibility index (Phi) is 4.00. The number of nitrogens with zero attached hydrogens (tertiary/aromatic N) is 4. The second-order valence-corrected chi connectivity index (χ2v) is 7.10. The summed E-state index contributed by atoms with van der Waals surface area (Å²) in [6.07, 6.45) is 5.02.